The molecule has 0 saturated heterocycles. The molecule has 0 amide bonds. The molecule has 1 aliphatic rings. The van der Waals surface area contributed by atoms with Crippen LogP contribution in [-0.2, 0) is 24.1 Å². The van der Waals surface area contributed by atoms with Gasteiger partial charge in [-0.15, -0.1) is 0 Å². The SMILES string of the molecule is CCC(N)Cc1nccn1CC1OCCc2ccccc21. The highest BCUT2D eigenvalue weighted by molar-refractivity contribution is 5.30. The summed E-state index contributed by atoms with van der Waals surface area (Å²) in [5.74, 6) is 1.05. The number of hydrogen-bond donors (Lipinski definition) is 1. The van der Waals surface area contributed by atoms with Crippen molar-refractivity contribution in [1.29, 1.82) is 0 Å². The lowest BCUT2D eigenvalue weighted by Crippen LogP contribution is -2.25. The summed E-state index contributed by atoms with van der Waals surface area (Å²) in [5, 5.41) is 0. The van der Waals surface area contributed by atoms with Crippen molar-refractivity contribution in [2.75, 3.05) is 6.61 Å². The predicted molar refractivity (Wildman–Crippen MR) is 83.0 cm³/mol. The normalized spacial score (nSPS) is 19.2. The van der Waals surface area contributed by atoms with Crippen LogP contribution in [0.1, 0.15) is 36.4 Å². The van der Waals surface area contributed by atoms with Crippen LogP contribution in [0.25, 0.3) is 0 Å². The lowest BCUT2D eigenvalue weighted by molar-refractivity contribution is 0.0300. The van der Waals surface area contributed by atoms with Crippen LogP contribution in [0, 0.1) is 0 Å². The first-order chi connectivity index (χ1) is 10.3. The van der Waals surface area contributed by atoms with Gasteiger partial charge >= 0.3 is 0 Å². The van der Waals surface area contributed by atoms with Gasteiger partial charge in [-0.3, -0.25) is 0 Å². The number of hydrogen-bond acceptors (Lipinski definition) is 3. The van der Waals surface area contributed by atoms with E-state index < -0.39 is 0 Å². The Labute approximate surface area is 125 Å². The minimum Gasteiger partial charge on any atom is -0.371 e. The Bertz CT molecular complexity index is 593. The average molecular weight is 285 g/mol. The van der Waals surface area contributed by atoms with Crippen molar-refractivity contribution in [3.05, 3.63) is 53.6 Å². The van der Waals surface area contributed by atoms with Crippen LogP contribution >= 0.6 is 0 Å². The molecule has 1 aliphatic heterocycles. The number of nitrogens with zero attached hydrogens (tertiary/aromatic N) is 2. The molecule has 4 heteroatoms. The molecular formula is C17H23N3O. The van der Waals surface area contributed by atoms with Gasteiger partial charge < -0.3 is 15.0 Å². The van der Waals surface area contributed by atoms with Gasteiger partial charge in [-0.1, -0.05) is 31.2 Å². The Morgan fingerprint density at radius 2 is 2.29 bits per heavy atom. The molecule has 2 unspecified atom stereocenters. The zero-order valence-electron chi connectivity index (χ0n) is 12.5. The van der Waals surface area contributed by atoms with Crippen LogP contribution in [0.5, 0.6) is 0 Å². The zero-order valence-corrected chi connectivity index (χ0v) is 12.5. The summed E-state index contributed by atoms with van der Waals surface area (Å²) in [5.41, 5.74) is 8.77. The van der Waals surface area contributed by atoms with E-state index in [4.69, 9.17) is 10.5 Å². The van der Waals surface area contributed by atoms with Crippen molar-refractivity contribution in [2.45, 2.75) is 44.9 Å². The highest BCUT2D eigenvalue weighted by Gasteiger charge is 2.21. The van der Waals surface area contributed by atoms with Gasteiger partial charge in [0.25, 0.3) is 0 Å². The molecule has 0 spiro atoms. The van der Waals surface area contributed by atoms with Crippen LogP contribution in [0.2, 0.25) is 0 Å². The summed E-state index contributed by atoms with van der Waals surface area (Å²) >= 11 is 0. The molecule has 0 bridgehead atoms. The lowest BCUT2D eigenvalue weighted by Gasteiger charge is -2.27. The summed E-state index contributed by atoms with van der Waals surface area (Å²) < 4.78 is 8.17. The molecule has 21 heavy (non-hydrogen) atoms. The minimum absolute atomic E-state index is 0.112. The van der Waals surface area contributed by atoms with Gasteiger partial charge in [0, 0.05) is 24.9 Å². The largest absolute Gasteiger partial charge is 0.371 e. The third-order valence-electron chi connectivity index (χ3n) is 4.23. The monoisotopic (exact) mass is 285 g/mol. The second-order valence-electron chi connectivity index (χ2n) is 5.68. The number of nitrogens with two attached hydrogens (primary N) is 1. The van der Waals surface area contributed by atoms with Crippen molar-refractivity contribution >= 4 is 0 Å². The molecule has 0 fully saturated rings. The minimum atomic E-state index is 0.112. The third kappa shape index (κ3) is 3.17. The highest BCUT2D eigenvalue weighted by Crippen LogP contribution is 2.28. The van der Waals surface area contributed by atoms with Crippen LogP contribution in [-0.4, -0.2) is 22.2 Å². The number of benzene rings is 1. The molecule has 2 aromatic rings. The molecule has 2 atom stereocenters. The van der Waals surface area contributed by atoms with Crippen LogP contribution in [0.3, 0.4) is 0 Å². The number of imidazole rings is 1. The van der Waals surface area contributed by atoms with E-state index in [-0.39, 0.29) is 12.1 Å². The van der Waals surface area contributed by atoms with E-state index >= 15 is 0 Å². The quantitative estimate of drug-likeness (QED) is 0.918. The first-order valence-corrected chi connectivity index (χ1v) is 7.73. The van der Waals surface area contributed by atoms with Gasteiger partial charge in [-0.2, -0.15) is 0 Å². The Morgan fingerprint density at radius 1 is 1.43 bits per heavy atom. The first kappa shape index (κ1) is 14.3. The molecule has 0 radical (unpaired) electrons. The summed E-state index contributed by atoms with van der Waals surface area (Å²) in [6, 6.07) is 8.73. The highest BCUT2D eigenvalue weighted by atomic mass is 16.5. The molecule has 0 saturated carbocycles. The first-order valence-electron chi connectivity index (χ1n) is 7.73. The van der Waals surface area contributed by atoms with E-state index in [1.165, 1.54) is 11.1 Å². The summed E-state index contributed by atoms with van der Waals surface area (Å²) in [6.07, 6.45) is 6.78. The van der Waals surface area contributed by atoms with E-state index in [0.29, 0.717) is 0 Å². The molecule has 1 aromatic heterocycles. The molecule has 2 heterocycles. The van der Waals surface area contributed by atoms with Crippen molar-refractivity contribution in [3.63, 3.8) is 0 Å². The summed E-state index contributed by atoms with van der Waals surface area (Å²) in [6.45, 7) is 3.71. The van der Waals surface area contributed by atoms with Crippen molar-refractivity contribution in [3.8, 4) is 0 Å². The molecular weight excluding hydrogens is 262 g/mol. The van der Waals surface area contributed by atoms with Crippen LogP contribution in [0.4, 0.5) is 0 Å². The van der Waals surface area contributed by atoms with Gasteiger partial charge in [0.2, 0.25) is 0 Å². The molecule has 112 valence electrons. The van der Waals surface area contributed by atoms with Gasteiger partial charge in [0.05, 0.1) is 13.2 Å². The Balaban J connectivity index is 1.78. The van der Waals surface area contributed by atoms with Gasteiger partial charge in [-0.25, -0.2) is 4.98 Å². The van der Waals surface area contributed by atoms with E-state index in [9.17, 15) is 0 Å². The molecule has 0 aliphatic carbocycles. The molecule has 1 aromatic carbocycles. The zero-order chi connectivity index (χ0) is 14.7. The number of fused-ring (bicyclic) bond motifs is 1. The molecule has 4 nitrogen and oxygen atoms in total. The second kappa shape index (κ2) is 6.41. The Morgan fingerprint density at radius 3 is 3.14 bits per heavy atom. The Hall–Kier alpha value is -1.65. The van der Waals surface area contributed by atoms with Gasteiger partial charge in [-0.05, 0) is 24.0 Å². The lowest BCUT2D eigenvalue weighted by atomic mass is 9.97. The maximum Gasteiger partial charge on any atom is 0.110 e. The smallest absolute Gasteiger partial charge is 0.110 e. The number of rotatable bonds is 5. The standard InChI is InChI=1S/C17H23N3O/c1-2-14(18)11-17-19-8-9-20(17)12-16-15-6-4-3-5-13(15)7-10-21-16/h3-6,8-9,14,16H,2,7,10-12,18H2,1H3. The average Bonchev–Trinajstić information content (AvgIpc) is 2.94. The van der Waals surface area contributed by atoms with E-state index in [0.717, 1.165) is 38.2 Å². The van der Waals surface area contributed by atoms with Gasteiger partial charge in [0.1, 0.15) is 11.9 Å². The maximum absolute atomic E-state index is 6.06. The van der Waals surface area contributed by atoms with E-state index in [1.54, 1.807) is 0 Å². The summed E-state index contributed by atoms with van der Waals surface area (Å²) in [7, 11) is 0. The predicted octanol–water partition coefficient (Wildman–Crippen LogP) is 2.48. The molecule has 3 rings (SSSR count). The fourth-order valence-corrected chi connectivity index (χ4v) is 2.88. The van der Waals surface area contributed by atoms with Crippen LogP contribution in [0.15, 0.2) is 36.7 Å². The van der Waals surface area contributed by atoms with E-state index in [2.05, 4.69) is 40.7 Å². The second-order valence-corrected chi connectivity index (χ2v) is 5.68. The van der Waals surface area contributed by atoms with Crippen molar-refractivity contribution in [2.24, 2.45) is 5.73 Å². The number of aromatic nitrogens is 2. The maximum atomic E-state index is 6.06. The van der Waals surface area contributed by atoms with E-state index in [1.807, 2.05) is 12.4 Å². The number of ether oxygens (including phenoxy) is 1. The Kier molecular flexibility index (Phi) is 4.36. The van der Waals surface area contributed by atoms with Crippen molar-refractivity contribution < 1.29 is 4.74 Å². The van der Waals surface area contributed by atoms with Gasteiger partial charge in [0.15, 0.2) is 0 Å². The fourth-order valence-electron chi connectivity index (χ4n) is 2.88. The summed E-state index contributed by atoms with van der Waals surface area (Å²) in [4.78, 5) is 4.45. The van der Waals surface area contributed by atoms with Crippen LogP contribution < -0.4 is 5.73 Å². The third-order valence-corrected chi connectivity index (χ3v) is 4.23. The molecule has 2 N–H and O–H groups in total. The van der Waals surface area contributed by atoms with Crippen molar-refractivity contribution in [1.82, 2.24) is 9.55 Å². The topological polar surface area (TPSA) is 53.1 Å². The fraction of sp³-hybridized carbons (Fsp3) is 0.471.